The number of primary amides is 1. The van der Waals surface area contributed by atoms with E-state index in [1.807, 2.05) is 12.1 Å². The molecular formula is C14H21N3O. The molecule has 0 spiro atoms. The molecule has 1 aliphatic rings. The fourth-order valence-corrected chi connectivity index (χ4v) is 2.47. The van der Waals surface area contributed by atoms with Crippen LogP contribution in [0.15, 0.2) is 24.3 Å². The Balaban J connectivity index is 2.05. The zero-order valence-electron chi connectivity index (χ0n) is 11.1. The summed E-state index contributed by atoms with van der Waals surface area (Å²) in [6, 6.07) is 8.15. The van der Waals surface area contributed by atoms with E-state index in [1.165, 1.54) is 0 Å². The van der Waals surface area contributed by atoms with Crippen molar-refractivity contribution in [3.05, 3.63) is 35.4 Å². The Hall–Kier alpha value is -1.39. The number of nitrogens with two attached hydrogens (primary N) is 1. The summed E-state index contributed by atoms with van der Waals surface area (Å²) in [5.41, 5.74) is 7.05. The lowest BCUT2D eigenvalue weighted by atomic mass is 10.1. The summed E-state index contributed by atoms with van der Waals surface area (Å²) in [6.45, 7) is 6.39. The van der Waals surface area contributed by atoms with E-state index < -0.39 is 0 Å². The number of carbonyl (C=O) groups is 1. The molecule has 4 heteroatoms. The molecule has 1 unspecified atom stereocenters. The van der Waals surface area contributed by atoms with Crippen LogP contribution in [0, 0.1) is 0 Å². The summed E-state index contributed by atoms with van der Waals surface area (Å²) >= 11 is 0. The van der Waals surface area contributed by atoms with Gasteiger partial charge >= 0.3 is 0 Å². The Bertz CT molecular complexity index is 433. The maximum Gasteiger partial charge on any atom is 0.248 e. The highest BCUT2D eigenvalue weighted by Gasteiger charge is 2.21. The third-order valence-corrected chi connectivity index (χ3v) is 3.57. The van der Waals surface area contributed by atoms with Crippen molar-refractivity contribution in [2.45, 2.75) is 19.5 Å². The van der Waals surface area contributed by atoms with E-state index in [4.69, 9.17) is 5.73 Å². The van der Waals surface area contributed by atoms with Crippen molar-refractivity contribution in [2.75, 3.05) is 26.7 Å². The van der Waals surface area contributed by atoms with Gasteiger partial charge in [0.05, 0.1) is 0 Å². The van der Waals surface area contributed by atoms with Gasteiger partial charge in [0.1, 0.15) is 0 Å². The zero-order chi connectivity index (χ0) is 13.1. The molecule has 1 saturated heterocycles. The number of hydrogen-bond donors (Lipinski definition) is 1. The largest absolute Gasteiger partial charge is 0.366 e. The molecule has 4 nitrogen and oxygen atoms in total. The van der Waals surface area contributed by atoms with Gasteiger partial charge in [-0.05, 0) is 31.7 Å². The number of amides is 1. The molecule has 1 atom stereocenters. The van der Waals surface area contributed by atoms with Crippen LogP contribution >= 0.6 is 0 Å². The Morgan fingerprint density at radius 3 is 2.89 bits per heavy atom. The molecule has 0 aromatic heterocycles. The molecule has 1 amide bonds. The maximum absolute atomic E-state index is 11.2. The van der Waals surface area contributed by atoms with Crippen LogP contribution in [0.3, 0.4) is 0 Å². The van der Waals surface area contributed by atoms with Gasteiger partial charge in [0.15, 0.2) is 0 Å². The Morgan fingerprint density at radius 2 is 2.22 bits per heavy atom. The predicted molar refractivity (Wildman–Crippen MR) is 72.3 cm³/mol. The normalized spacial score (nSPS) is 22.0. The van der Waals surface area contributed by atoms with Crippen LogP contribution in [0.2, 0.25) is 0 Å². The minimum Gasteiger partial charge on any atom is -0.366 e. The molecule has 2 rings (SSSR count). The molecule has 0 saturated carbocycles. The second-order valence-corrected chi connectivity index (χ2v) is 5.15. The van der Waals surface area contributed by atoms with Crippen molar-refractivity contribution in [3.63, 3.8) is 0 Å². The molecule has 1 aromatic carbocycles. The number of benzene rings is 1. The van der Waals surface area contributed by atoms with Crippen molar-refractivity contribution >= 4 is 5.91 Å². The number of likely N-dealkylation sites (N-methyl/N-ethyl adjacent to an activating group) is 1. The highest BCUT2D eigenvalue weighted by Crippen LogP contribution is 2.14. The number of hydrogen-bond acceptors (Lipinski definition) is 3. The second kappa shape index (κ2) is 5.50. The van der Waals surface area contributed by atoms with E-state index in [-0.39, 0.29) is 5.91 Å². The highest BCUT2D eigenvalue weighted by atomic mass is 16.1. The summed E-state index contributed by atoms with van der Waals surface area (Å²) in [5.74, 6) is -0.358. The van der Waals surface area contributed by atoms with Gasteiger partial charge in [0.2, 0.25) is 5.91 Å². The summed E-state index contributed by atoms with van der Waals surface area (Å²) in [4.78, 5) is 15.9. The molecule has 0 aliphatic carbocycles. The number of rotatable bonds is 3. The van der Waals surface area contributed by atoms with Crippen molar-refractivity contribution < 1.29 is 4.79 Å². The average molecular weight is 247 g/mol. The van der Waals surface area contributed by atoms with Crippen LogP contribution in [0.5, 0.6) is 0 Å². The van der Waals surface area contributed by atoms with Gasteiger partial charge in [-0.3, -0.25) is 9.69 Å². The van der Waals surface area contributed by atoms with E-state index in [0.29, 0.717) is 11.6 Å². The van der Waals surface area contributed by atoms with E-state index >= 15 is 0 Å². The zero-order valence-corrected chi connectivity index (χ0v) is 11.1. The van der Waals surface area contributed by atoms with Gasteiger partial charge in [0, 0.05) is 37.8 Å². The van der Waals surface area contributed by atoms with E-state index in [2.05, 4.69) is 29.8 Å². The fourth-order valence-electron chi connectivity index (χ4n) is 2.47. The third kappa shape index (κ3) is 3.09. The standard InChI is InChI=1S/C14H21N3O/c1-11-9-16(2)6-7-17(11)10-12-4-3-5-13(8-12)14(15)18/h3-5,8,11H,6-7,9-10H2,1-2H3,(H2,15,18). The molecule has 2 N–H and O–H groups in total. The van der Waals surface area contributed by atoms with Crippen LogP contribution in [-0.2, 0) is 6.54 Å². The fraction of sp³-hybridized carbons (Fsp3) is 0.500. The van der Waals surface area contributed by atoms with Gasteiger partial charge in [0.25, 0.3) is 0 Å². The molecule has 0 radical (unpaired) electrons. The lowest BCUT2D eigenvalue weighted by Crippen LogP contribution is -2.49. The van der Waals surface area contributed by atoms with Crippen molar-refractivity contribution in [2.24, 2.45) is 5.73 Å². The first-order chi connectivity index (χ1) is 8.56. The lowest BCUT2D eigenvalue weighted by Gasteiger charge is -2.38. The first-order valence-electron chi connectivity index (χ1n) is 6.37. The minimum atomic E-state index is -0.358. The molecule has 1 aliphatic heterocycles. The SMILES string of the molecule is CC1CN(C)CCN1Cc1cccc(C(N)=O)c1. The van der Waals surface area contributed by atoms with Crippen LogP contribution in [0.1, 0.15) is 22.8 Å². The maximum atomic E-state index is 11.2. The first-order valence-corrected chi connectivity index (χ1v) is 6.37. The van der Waals surface area contributed by atoms with Gasteiger partial charge in [-0.25, -0.2) is 0 Å². The monoisotopic (exact) mass is 247 g/mol. The molecule has 0 bridgehead atoms. The molecule has 1 aromatic rings. The summed E-state index contributed by atoms with van der Waals surface area (Å²) in [5, 5.41) is 0. The highest BCUT2D eigenvalue weighted by molar-refractivity contribution is 5.92. The first kappa shape index (κ1) is 13.1. The summed E-state index contributed by atoms with van der Waals surface area (Å²) in [7, 11) is 2.15. The lowest BCUT2D eigenvalue weighted by molar-refractivity contribution is 0.0937. The van der Waals surface area contributed by atoms with Crippen LogP contribution in [0.4, 0.5) is 0 Å². The molecule has 98 valence electrons. The average Bonchev–Trinajstić information content (AvgIpc) is 2.33. The van der Waals surface area contributed by atoms with Gasteiger partial charge in [-0.2, -0.15) is 0 Å². The van der Waals surface area contributed by atoms with Gasteiger partial charge in [-0.1, -0.05) is 12.1 Å². The molecular weight excluding hydrogens is 226 g/mol. The quantitative estimate of drug-likeness (QED) is 0.864. The molecule has 18 heavy (non-hydrogen) atoms. The second-order valence-electron chi connectivity index (χ2n) is 5.15. The summed E-state index contributed by atoms with van der Waals surface area (Å²) < 4.78 is 0. The Kier molecular flexibility index (Phi) is 3.99. The van der Waals surface area contributed by atoms with Crippen LogP contribution in [-0.4, -0.2) is 48.4 Å². The number of carbonyl (C=O) groups excluding carboxylic acids is 1. The van der Waals surface area contributed by atoms with E-state index in [9.17, 15) is 4.79 Å². The van der Waals surface area contributed by atoms with Gasteiger partial charge in [-0.15, -0.1) is 0 Å². The Labute approximate surface area is 108 Å². The molecule has 1 fully saturated rings. The van der Waals surface area contributed by atoms with Crippen molar-refractivity contribution in [1.29, 1.82) is 0 Å². The van der Waals surface area contributed by atoms with E-state index in [1.54, 1.807) is 6.07 Å². The Morgan fingerprint density at radius 1 is 1.44 bits per heavy atom. The number of nitrogens with zero attached hydrogens (tertiary/aromatic N) is 2. The van der Waals surface area contributed by atoms with Crippen molar-refractivity contribution in [3.8, 4) is 0 Å². The number of piperazine rings is 1. The summed E-state index contributed by atoms with van der Waals surface area (Å²) in [6.07, 6.45) is 0. The van der Waals surface area contributed by atoms with Gasteiger partial charge < -0.3 is 10.6 Å². The van der Waals surface area contributed by atoms with Crippen molar-refractivity contribution in [1.82, 2.24) is 9.80 Å². The van der Waals surface area contributed by atoms with Crippen LogP contribution < -0.4 is 5.73 Å². The predicted octanol–water partition coefficient (Wildman–Crippen LogP) is 0.921. The van der Waals surface area contributed by atoms with Crippen LogP contribution in [0.25, 0.3) is 0 Å². The minimum absolute atomic E-state index is 0.358. The smallest absolute Gasteiger partial charge is 0.248 e. The molecule has 1 heterocycles. The van der Waals surface area contributed by atoms with E-state index in [0.717, 1.165) is 31.7 Å². The topological polar surface area (TPSA) is 49.6 Å². The third-order valence-electron chi connectivity index (χ3n) is 3.57.